The van der Waals surface area contributed by atoms with E-state index in [4.69, 9.17) is 4.74 Å². The highest BCUT2D eigenvalue weighted by molar-refractivity contribution is 9.10. The molecule has 0 aromatic carbocycles. The average molecular weight is 292 g/mol. The van der Waals surface area contributed by atoms with E-state index in [0.29, 0.717) is 5.92 Å². The molecule has 0 radical (unpaired) electrons. The van der Waals surface area contributed by atoms with E-state index in [2.05, 4.69) is 41.2 Å². The Balaban J connectivity index is 2.25. The van der Waals surface area contributed by atoms with Gasteiger partial charge < -0.3 is 10.1 Å². The summed E-state index contributed by atoms with van der Waals surface area (Å²) in [4.78, 5) is 2.72. The van der Waals surface area contributed by atoms with E-state index in [0.717, 1.165) is 19.7 Å². The normalized spacial score (nSPS) is 13.1. The van der Waals surface area contributed by atoms with Crippen molar-refractivity contribution in [2.24, 2.45) is 5.92 Å². The van der Waals surface area contributed by atoms with Crippen LogP contribution in [-0.2, 0) is 11.3 Å². The SMILES string of the molecule is COCC(C)CNCc1cc(Br)c(C)s1. The van der Waals surface area contributed by atoms with Gasteiger partial charge in [0.05, 0.1) is 0 Å². The lowest BCUT2D eigenvalue weighted by Crippen LogP contribution is -2.22. The molecule has 1 N–H and O–H groups in total. The van der Waals surface area contributed by atoms with Crippen LogP contribution in [0.25, 0.3) is 0 Å². The van der Waals surface area contributed by atoms with E-state index >= 15 is 0 Å². The fourth-order valence-corrected chi connectivity index (χ4v) is 2.96. The third kappa shape index (κ3) is 4.64. The molecule has 0 saturated heterocycles. The fourth-order valence-electron chi connectivity index (χ4n) is 1.39. The van der Waals surface area contributed by atoms with Crippen molar-refractivity contribution in [2.75, 3.05) is 20.3 Å². The van der Waals surface area contributed by atoms with Crippen molar-refractivity contribution in [1.82, 2.24) is 5.32 Å². The lowest BCUT2D eigenvalue weighted by Gasteiger charge is -2.10. The molecule has 0 aliphatic rings. The predicted octanol–water partition coefficient (Wildman–Crippen LogP) is 3.19. The van der Waals surface area contributed by atoms with Crippen molar-refractivity contribution in [3.8, 4) is 0 Å². The third-order valence-corrected chi connectivity index (χ3v) is 4.29. The molecule has 0 aliphatic carbocycles. The summed E-state index contributed by atoms with van der Waals surface area (Å²) in [5.41, 5.74) is 0. The van der Waals surface area contributed by atoms with E-state index in [-0.39, 0.29) is 0 Å². The first-order valence-corrected chi connectivity index (χ1v) is 6.69. The van der Waals surface area contributed by atoms with Gasteiger partial charge >= 0.3 is 0 Å². The molecule has 2 nitrogen and oxygen atoms in total. The lowest BCUT2D eigenvalue weighted by molar-refractivity contribution is 0.158. The van der Waals surface area contributed by atoms with Crippen LogP contribution < -0.4 is 5.32 Å². The Morgan fingerprint density at radius 3 is 2.87 bits per heavy atom. The van der Waals surface area contributed by atoms with E-state index in [1.165, 1.54) is 14.2 Å². The topological polar surface area (TPSA) is 21.3 Å². The van der Waals surface area contributed by atoms with Gasteiger partial charge in [-0.25, -0.2) is 0 Å². The molecule has 86 valence electrons. The Hall–Kier alpha value is 0.1000. The maximum atomic E-state index is 5.08. The van der Waals surface area contributed by atoms with Gasteiger partial charge in [-0.05, 0) is 34.8 Å². The second kappa shape index (κ2) is 6.63. The molecule has 0 bridgehead atoms. The van der Waals surface area contributed by atoms with Crippen molar-refractivity contribution in [3.63, 3.8) is 0 Å². The highest BCUT2D eigenvalue weighted by Crippen LogP contribution is 2.26. The lowest BCUT2D eigenvalue weighted by atomic mass is 10.2. The van der Waals surface area contributed by atoms with Gasteiger partial charge in [-0.15, -0.1) is 11.3 Å². The summed E-state index contributed by atoms with van der Waals surface area (Å²) < 4.78 is 6.30. The predicted molar refractivity (Wildman–Crippen MR) is 69.5 cm³/mol. The minimum atomic E-state index is 0.569. The number of ether oxygens (including phenoxy) is 1. The molecule has 1 aromatic heterocycles. The second-order valence-electron chi connectivity index (χ2n) is 3.81. The van der Waals surface area contributed by atoms with Crippen molar-refractivity contribution in [1.29, 1.82) is 0 Å². The van der Waals surface area contributed by atoms with Crippen LogP contribution in [0.5, 0.6) is 0 Å². The Bertz CT molecular complexity index is 281. The maximum absolute atomic E-state index is 5.08. The van der Waals surface area contributed by atoms with Crippen LogP contribution in [0.1, 0.15) is 16.7 Å². The largest absolute Gasteiger partial charge is 0.384 e. The van der Waals surface area contributed by atoms with Crippen LogP contribution in [0.2, 0.25) is 0 Å². The molecule has 0 saturated carbocycles. The summed E-state index contributed by atoms with van der Waals surface area (Å²) in [6.45, 7) is 7.09. The van der Waals surface area contributed by atoms with Crippen molar-refractivity contribution in [2.45, 2.75) is 20.4 Å². The standard InChI is InChI=1S/C11H18BrNOS/c1-8(7-14-3)5-13-6-10-4-11(12)9(2)15-10/h4,8,13H,5-7H2,1-3H3. The van der Waals surface area contributed by atoms with E-state index < -0.39 is 0 Å². The smallest absolute Gasteiger partial charge is 0.0499 e. The number of hydrogen-bond donors (Lipinski definition) is 1. The quantitative estimate of drug-likeness (QED) is 0.869. The summed E-state index contributed by atoms with van der Waals surface area (Å²) >= 11 is 5.36. The van der Waals surface area contributed by atoms with Crippen LogP contribution >= 0.6 is 27.3 Å². The number of methoxy groups -OCH3 is 1. The van der Waals surface area contributed by atoms with Crippen molar-refractivity contribution < 1.29 is 4.74 Å². The molecule has 0 fully saturated rings. The number of nitrogens with one attached hydrogen (secondary N) is 1. The van der Waals surface area contributed by atoms with Crippen LogP contribution in [0.4, 0.5) is 0 Å². The number of rotatable bonds is 6. The molecular formula is C11H18BrNOS. The minimum Gasteiger partial charge on any atom is -0.384 e. The monoisotopic (exact) mass is 291 g/mol. The highest BCUT2D eigenvalue weighted by Gasteiger charge is 2.04. The zero-order valence-corrected chi connectivity index (χ0v) is 11.9. The van der Waals surface area contributed by atoms with Gasteiger partial charge in [0.25, 0.3) is 0 Å². The number of thiophene rings is 1. The van der Waals surface area contributed by atoms with Crippen LogP contribution in [-0.4, -0.2) is 20.3 Å². The highest BCUT2D eigenvalue weighted by atomic mass is 79.9. The molecule has 1 rings (SSSR count). The van der Waals surface area contributed by atoms with Gasteiger partial charge in [-0.1, -0.05) is 6.92 Å². The molecule has 4 heteroatoms. The third-order valence-electron chi connectivity index (χ3n) is 2.15. The van der Waals surface area contributed by atoms with Crippen molar-refractivity contribution in [3.05, 3.63) is 20.3 Å². The molecular weight excluding hydrogens is 274 g/mol. The Morgan fingerprint density at radius 2 is 2.33 bits per heavy atom. The zero-order valence-electron chi connectivity index (χ0n) is 9.47. The Kier molecular flexibility index (Phi) is 5.82. The van der Waals surface area contributed by atoms with Crippen LogP contribution in [0, 0.1) is 12.8 Å². The van der Waals surface area contributed by atoms with Gasteiger partial charge in [0.2, 0.25) is 0 Å². The zero-order chi connectivity index (χ0) is 11.3. The summed E-state index contributed by atoms with van der Waals surface area (Å²) in [5, 5.41) is 3.44. The van der Waals surface area contributed by atoms with Crippen LogP contribution in [0.3, 0.4) is 0 Å². The van der Waals surface area contributed by atoms with Crippen LogP contribution in [0.15, 0.2) is 10.5 Å². The first-order valence-electron chi connectivity index (χ1n) is 5.08. The molecule has 0 spiro atoms. The molecule has 1 heterocycles. The molecule has 1 atom stereocenters. The molecule has 1 unspecified atom stereocenters. The first-order chi connectivity index (χ1) is 7.13. The fraction of sp³-hybridized carbons (Fsp3) is 0.636. The summed E-state index contributed by atoms with van der Waals surface area (Å²) in [7, 11) is 1.75. The van der Waals surface area contributed by atoms with E-state index in [1.807, 2.05) is 11.3 Å². The minimum absolute atomic E-state index is 0.569. The maximum Gasteiger partial charge on any atom is 0.0499 e. The number of halogens is 1. The van der Waals surface area contributed by atoms with E-state index in [1.54, 1.807) is 7.11 Å². The Labute approximate surface area is 104 Å². The molecule has 0 amide bonds. The first kappa shape index (κ1) is 13.2. The average Bonchev–Trinajstić information content (AvgIpc) is 2.46. The van der Waals surface area contributed by atoms with Crippen molar-refractivity contribution >= 4 is 27.3 Å². The number of aryl methyl sites for hydroxylation is 1. The molecule has 1 aromatic rings. The van der Waals surface area contributed by atoms with Gasteiger partial charge in [0.1, 0.15) is 0 Å². The summed E-state index contributed by atoms with van der Waals surface area (Å²) in [6, 6.07) is 2.19. The molecule has 15 heavy (non-hydrogen) atoms. The summed E-state index contributed by atoms with van der Waals surface area (Å²) in [5.74, 6) is 0.569. The van der Waals surface area contributed by atoms with Gasteiger partial charge in [-0.3, -0.25) is 0 Å². The summed E-state index contributed by atoms with van der Waals surface area (Å²) in [6.07, 6.45) is 0. The van der Waals surface area contributed by atoms with Gasteiger partial charge in [-0.2, -0.15) is 0 Å². The van der Waals surface area contributed by atoms with Gasteiger partial charge in [0, 0.05) is 41.0 Å². The molecule has 0 aliphatic heterocycles. The Morgan fingerprint density at radius 1 is 1.60 bits per heavy atom. The second-order valence-corrected chi connectivity index (χ2v) is 6.00. The number of hydrogen-bond acceptors (Lipinski definition) is 3. The van der Waals surface area contributed by atoms with E-state index in [9.17, 15) is 0 Å². The van der Waals surface area contributed by atoms with Gasteiger partial charge in [0.15, 0.2) is 0 Å².